The third-order valence-electron chi connectivity index (χ3n) is 6.49. The van der Waals surface area contributed by atoms with E-state index in [0.717, 1.165) is 67.3 Å². The molecular formula is C27H30N6O. The van der Waals surface area contributed by atoms with Crippen molar-refractivity contribution in [2.45, 2.75) is 20.0 Å². The van der Waals surface area contributed by atoms with Crippen molar-refractivity contribution >= 4 is 16.9 Å². The van der Waals surface area contributed by atoms with Gasteiger partial charge in [-0.2, -0.15) is 0 Å². The topological polar surface area (TPSA) is 77.2 Å². The number of nitrogens with one attached hydrogen (secondary N) is 2. The number of fused-ring (bicyclic) bond motifs is 1. The third-order valence-corrected chi connectivity index (χ3v) is 6.49. The van der Waals surface area contributed by atoms with E-state index >= 15 is 0 Å². The number of amides is 1. The summed E-state index contributed by atoms with van der Waals surface area (Å²) in [6, 6.07) is 17.9. The van der Waals surface area contributed by atoms with Gasteiger partial charge in [-0.05, 0) is 48.0 Å². The first kappa shape index (κ1) is 22.3. The number of carbonyl (C=O) groups excluding carboxylic acids is 1. The number of benzene rings is 2. The molecule has 1 fully saturated rings. The lowest BCUT2D eigenvalue weighted by molar-refractivity contribution is 0.0951. The fourth-order valence-corrected chi connectivity index (χ4v) is 4.37. The van der Waals surface area contributed by atoms with Gasteiger partial charge in [-0.1, -0.05) is 31.2 Å². The van der Waals surface area contributed by atoms with Gasteiger partial charge in [0.25, 0.3) is 5.91 Å². The zero-order valence-corrected chi connectivity index (χ0v) is 19.5. The van der Waals surface area contributed by atoms with Crippen molar-refractivity contribution in [2.24, 2.45) is 0 Å². The third kappa shape index (κ3) is 5.16. The highest BCUT2D eigenvalue weighted by Gasteiger charge is 2.15. The highest BCUT2D eigenvalue weighted by molar-refractivity contribution is 5.97. The number of hydrogen-bond donors (Lipinski definition) is 2. The highest BCUT2D eigenvalue weighted by Crippen LogP contribution is 2.21. The van der Waals surface area contributed by atoms with E-state index in [1.165, 1.54) is 5.56 Å². The van der Waals surface area contributed by atoms with Crippen LogP contribution in [0.3, 0.4) is 0 Å². The fraction of sp³-hybridized carbons (Fsp3) is 0.296. The second-order valence-corrected chi connectivity index (χ2v) is 8.76. The lowest BCUT2D eigenvalue weighted by Crippen LogP contribution is -2.45. The monoisotopic (exact) mass is 454 g/mol. The van der Waals surface area contributed by atoms with Gasteiger partial charge in [0.15, 0.2) is 0 Å². The molecule has 0 bridgehead atoms. The van der Waals surface area contributed by atoms with Crippen LogP contribution >= 0.6 is 0 Å². The van der Waals surface area contributed by atoms with Gasteiger partial charge < -0.3 is 15.2 Å². The Balaban J connectivity index is 1.17. The van der Waals surface area contributed by atoms with E-state index in [1.54, 1.807) is 12.4 Å². The van der Waals surface area contributed by atoms with Gasteiger partial charge >= 0.3 is 0 Å². The smallest absolute Gasteiger partial charge is 0.251 e. The molecule has 2 aromatic carbocycles. The average Bonchev–Trinajstić information content (AvgIpc) is 3.33. The zero-order valence-electron chi connectivity index (χ0n) is 19.5. The molecule has 3 heterocycles. The minimum absolute atomic E-state index is 0.0974. The molecule has 7 heteroatoms. The van der Waals surface area contributed by atoms with Crippen LogP contribution in [0.15, 0.2) is 67.0 Å². The van der Waals surface area contributed by atoms with Crippen LogP contribution in [0.4, 0.5) is 0 Å². The minimum Gasteiger partial charge on any atom is -0.348 e. The number of pyridine rings is 1. The summed E-state index contributed by atoms with van der Waals surface area (Å²) in [5.41, 5.74) is 5.65. The summed E-state index contributed by atoms with van der Waals surface area (Å²) in [4.78, 5) is 29.7. The summed E-state index contributed by atoms with van der Waals surface area (Å²) in [5.74, 6) is 0.669. The molecule has 1 amide bonds. The molecule has 0 saturated carbocycles. The molecule has 7 nitrogen and oxygen atoms in total. The van der Waals surface area contributed by atoms with Gasteiger partial charge in [0.1, 0.15) is 5.82 Å². The number of piperazine rings is 1. The number of carbonyl (C=O) groups is 1. The second kappa shape index (κ2) is 10.2. The minimum atomic E-state index is -0.0974. The molecule has 34 heavy (non-hydrogen) atoms. The van der Waals surface area contributed by atoms with Crippen LogP contribution in [0.5, 0.6) is 0 Å². The maximum Gasteiger partial charge on any atom is 0.251 e. The summed E-state index contributed by atoms with van der Waals surface area (Å²) >= 11 is 0. The Morgan fingerprint density at radius 2 is 1.65 bits per heavy atom. The Labute approximate surface area is 199 Å². The van der Waals surface area contributed by atoms with Gasteiger partial charge in [0, 0.05) is 62.8 Å². The molecule has 0 atom stereocenters. The van der Waals surface area contributed by atoms with Crippen molar-refractivity contribution in [2.75, 3.05) is 32.7 Å². The SMILES string of the molecule is CCN1CCN(Cc2ccc(CNC(=O)c3ccc4nc(-c5ccncc5)[nH]c4c3)cc2)CC1. The number of hydrogen-bond acceptors (Lipinski definition) is 5. The quantitative estimate of drug-likeness (QED) is 0.445. The number of H-pyrrole nitrogens is 1. The Kier molecular flexibility index (Phi) is 6.65. The van der Waals surface area contributed by atoms with Crippen LogP contribution in [0, 0.1) is 0 Å². The number of rotatable bonds is 7. The van der Waals surface area contributed by atoms with Crippen LogP contribution in [-0.4, -0.2) is 63.4 Å². The van der Waals surface area contributed by atoms with Crippen LogP contribution in [0.2, 0.25) is 0 Å². The van der Waals surface area contributed by atoms with Crippen LogP contribution in [-0.2, 0) is 13.1 Å². The predicted octanol–water partition coefficient (Wildman–Crippen LogP) is 3.69. The van der Waals surface area contributed by atoms with E-state index in [4.69, 9.17) is 0 Å². The summed E-state index contributed by atoms with van der Waals surface area (Å²) in [7, 11) is 0. The highest BCUT2D eigenvalue weighted by atomic mass is 16.1. The molecule has 0 radical (unpaired) electrons. The summed E-state index contributed by atoms with van der Waals surface area (Å²) in [5, 5.41) is 3.03. The van der Waals surface area contributed by atoms with Gasteiger partial charge in [-0.25, -0.2) is 4.98 Å². The molecule has 174 valence electrons. The molecule has 0 spiro atoms. The Morgan fingerprint density at radius 1 is 0.941 bits per heavy atom. The first-order valence-electron chi connectivity index (χ1n) is 11.9. The maximum absolute atomic E-state index is 12.8. The van der Waals surface area contributed by atoms with E-state index in [0.29, 0.717) is 12.1 Å². The molecule has 4 aromatic rings. The van der Waals surface area contributed by atoms with Crippen molar-refractivity contribution in [3.63, 3.8) is 0 Å². The lowest BCUT2D eigenvalue weighted by Gasteiger charge is -2.34. The number of aromatic nitrogens is 3. The molecule has 5 rings (SSSR count). The molecule has 0 aliphatic carbocycles. The zero-order chi connectivity index (χ0) is 23.3. The summed E-state index contributed by atoms with van der Waals surface area (Å²) in [6.07, 6.45) is 3.48. The standard InChI is InChI=1S/C27H30N6O/c1-2-32-13-15-33(16-14-32)19-21-5-3-20(4-6-21)18-29-27(34)23-7-8-24-25(17-23)31-26(30-24)22-9-11-28-12-10-22/h3-12,17H,2,13-16,18-19H2,1H3,(H,29,34)(H,30,31). The van der Waals surface area contributed by atoms with Gasteiger partial charge in [0.2, 0.25) is 0 Å². The lowest BCUT2D eigenvalue weighted by atomic mass is 10.1. The van der Waals surface area contributed by atoms with E-state index in [2.05, 4.69) is 61.3 Å². The second-order valence-electron chi connectivity index (χ2n) is 8.76. The van der Waals surface area contributed by atoms with Crippen LogP contribution in [0.1, 0.15) is 28.4 Å². The normalized spacial score (nSPS) is 15.0. The van der Waals surface area contributed by atoms with E-state index in [1.807, 2.05) is 30.3 Å². The molecule has 1 saturated heterocycles. The molecule has 1 aliphatic heterocycles. The molecule has 2 N–H and O–H groups in total. The Morgan fingerprint density at radius 3 is 2.38 bits per heavy atom. The molecule has 2 aromatic heterocycles. The molecule has 0 unspecified atom stereocenters. The van der Waals surface area contributed by atoms with Crippen molar-refractivity contribution in [3.8, 4) is 11.4 Å². The number of likely N-dealkylation sites (N-methyl/N-ethyl adjacent to an activating group) is 1. The number of nitrogens with zero attached hydrogens (tertiary/aromatic N) is 4. The average molecular weight is 455 g/mol. The predicted molar refractivity (Wildman–Crippen MR) is 134 cm³/mol. The number of imidazole rings is 1. The largest absolute Gasteiger partial charge is 0.348 e. The first-order chi connectivity index (χ1) is 16.7. The van der Waals surface area contributed by atoms with E-state index in [9.17, 15) is 4.79 Å². The van der Waals surface area contributed by atoms with Crippen molar-refractivity contribution < 1.29 is 4.79 Å². The van der Waals surface area contributed by atoms with E-state index < -0.39 is 0 Å². The van der Waals surface area contributed by atoms with Crippen molar-refractivity contribution in [3.05, 3.63) is 83.7 Å². The maximum atomic E-state index is 12.8. The first-order valence-corrected chi connectivity index (χ1v) is 11.9. The summed E-state index contributed by atoms with van der Waals surface area (Å²) < 4.78 is 0. The molecular weight excluding hydrogens is 424 g/mol. The molecule has 1 aliphatic rings. The Hall–Kier alpha value is -3.55. The van der Waals surface area contributed by atoms with Crippen molar-refractivity contribution in [1.29, 1.82) is 0 Å². The number of aromatic amines is 1. The Bertz CT molecular complexity index is 1240. The van der Waals surface area contributed by atoms with Gasteiger partial charge in [-0.15, -0.1) is 0 Å². The van der Waals surface area contributed by atoms with Gasteiger partial charge in [0.05, 0.1) is 11.0 Å². The summed E-state index contributed by atoms with van der Waals surface area (Å²) in [6.45, 7) is 9.38. The van der Waals surface area contributed by atoms with Gasteiger partial charge in [-0.3, -0.25) is 14.7 Å². The van der Waals surface area contributed by atoms with Crippen LogP contribution in [0.25, 0.3) is 22.4 Å². The van der Waals surface area contributed by atoms with Crippen LogP contribution < -0.4 is 5.32 Å². The van der Waals surface area contributed by atoms with E-state index in [-0.39, 0.29) is 5.91 Å². The fourth-order valence-electron chi connectivity index (χ4n) is 4.37. The van der Waals surface area contributed by atoms with Crippen molar-refractivity contribution in [1.82, 2.24) is 30.1 Å².